The average molecular weight is 261 g/mol. The van der Waals surface area contributed by atoms with Crippen LogP contribution in [0.15, 0.2) is 30.2 Å². The second-order valence-corrected chi connectivity index (χ2v) is 3.37. The van der Waals surface area contributed by atoms with Crippen molar-refractivity contribution >= 4 is 36.4 Å². The van der Waals surface area contributed by atoms with E-state index in [0.717, 1.165) is 37.2 Å². The largest absolute Gasteiger partial charge is 0.335 e. The molecule has 0 aromatic carbocycles. The lowest BCUT2D eigenvalue weighted by atomic mass is 10.1. The van der Waals surface area contributed by atoms with Gasteiger partial charge >= 0.3 is 0 Å². The van der Waals surface area contributed by atoms with E-state index < -0.39 is 0 Å². The van der Waals surface area contributed by atoms with Gasteiger partial charge in [-0.25, -0.2) is 4.79 Å². The molecule has 1 aliphatic rings. The molecule has 1 saturated heterocycles. The van der Waals surface area contributed by atoms with Gasteiger partial charge in [0.2, 0.25) is 0 Å². The fourth-order valence-electron chi connectivity index (χ4n) is 1.74. The summed E-state index contributed by atoms with van der Waals surface area (Å²) in [6.45, 7) is 0.899. The van der Waals surface area contributed by atoms with E-state index in [-0.39, 0.29) is 24.8 Å². The summed E-state index contributed by atoms with van der Waals surface area (Å²) in [7, 11) is 0. The van der Waals surface area contributed by atoms with Crippen molar-refractivity contribution in [2.24, 2.45) is 0 Å². The Kier molecular flexibility index (Phi) is 6.82. The van der Waals surface area contributed by atoms with Gasteiger partial charge in [0.25, 0.3) is 0 Å². The minimum absolute atomic E-state index is 0. The van der Waals surface area contributed by atoms with Gasteiger partial charge in [-0.1, -0.05) is 0 Å². The number of anilines is 1. The number of carbonyl (C=O) groups excluding carboxylic acids is 1. The highest BCUT2D eigenvalue weighted by molar-refractivity contribution is 5.85. The summed E-state index contributed by atoms with van der Waals surface area (Å²) in [6, 6.07) is 3.85. The number of rotatable bonds is 1. The van der Waals surface area contributed by atoms with Gasteiger partial charge in [-0.05, 0) is 31.4 Å². The molecule has 88 valence electrons. The predicted octanol–water partition coefficient (Wildman–Crippen LogP) is 2.63. The van der Waals surface area contributed by atoms with Crippen molar-refractivity contribution in [2.45, 2.75) is 19.3 Å². The number of nitrogens with zero attached hydrogens (tertiary/aromatic N) is 2. The van der Waals surface area contributed by atoms with Gasteiger partial charge in [0.15, 0.2) is 0 Å². The minimum Gasteiger partial charge on any atom is -0.335 e. The van der Waals surface area contributed by atoms with Gasteiger partial charge in [0, 0.05) is 12.7 Å². The number of halogens is 2. The van der Waals surface area contributed by atoms with E-state index in [1.54, 1.807) is 12.4 Å². The zero-order valence-corrected chi connectivity index (χ0v) is 10.4. The number of piperidine rings is 1. The van der Waals surface area contributed by atoms with E-state index in [9.17, 15) is 4.79 Å². The quantitative estimate of drug-likeness (QED) is 0.728. The fourth-order valence-corrected chi connectivity index (χ4v) is 1.74. The van der Waals surface area contributed by atoms with Crippen molar-refractivity contribution in [3.05, 3.63) is 30.2 Å². The molecule has 16 heavy (non-hydrogen) atoms. The van der Waals surface area contributed by atoms with Crippen LogP contribution in [-0.4, -0.2) is 17.5 Å². The van der Waals surface area contributed by atoms with Gasteiger partial charge in [0.1, 0.15) is 11.6 Å². The highest BCUT2D eigenvalue weighted by Crippen LogP contribution is 2.24. The monoisotopic (exact) mass is 260 g/mol. The van der Waals surface area contributed by atoms with Crippen LogP contribution in [0.4, 0.5) is 5.69 Å². The van der Waals surface area contributed by atoms with E-state index in [0.29, 0.717) is 0 Å². The molecule has 3 nitrogen and oxygen atoms in total. The number of hydrogen-bond acceptors (Lipinski definition) is 3. The molecule has 5 heteroatoms. The van der Waals surface area contributed by atoms with Gasteiger partial charge in [-0.3, -0.25) is 4.98 Å². The van der Waals surface area contributed by atoms with Crippen LogP contribution < -0.4 is 4.90 Å². The molecule has 1 aliphatic heterocycles. The Bertz CT molecular complexity index is 364. The molecular weight excluding hydrogens is 247 g/mol. The maximum atomic E-state index is 10.7. The maximum absolute atomic E-state index is 10.7. The first-order valence-electron chi connectivity index (χ1n) is 4.83. The average Bonchev–Trinajstić information content (AvgIpc) is 2.30. The summed E-state index contributed by atoms with van der Waals surface area (Å²) in [5, 5.41) is 0. The summed E-state index contributed by atoms with van der Waals surface area (Å²) in [5.74, 6) is 2.02. The summed E-state index contributed by atoms with van der Waals surface area (Å²) < 4.78 is 0. The standard InChI is InChI=1S/C11H12N2O.2ClH/c14-9-11-4-1-2-7-13(11)10-5-3-6-12-8-10;;/h3,5-6,8H,1-2,4,7H2;2*1H. The molecule has 0 aliphatic carbocycles. The van der Waals surface area contributed by atoms with E-state index in [4.69, 9.17) is 0 Å². The first-order valence-corrected chi connectivity index (χ1v) is 4.83. The number of allylic oxidation sites excluding steroid dienone is 1. The summed E-state index contributed by atoms with van der Waals surface area (Å²) in [5.41, 5.74) is 1.75. The van der Waals surface area contributed by atoms with Gasteiger partial charge in [0.05, 0.1) is 11.9 Å². The van der Waals surface area contributed by atoms with E-state index in [1.165, 1.54) is 0 Å². The molecule has 1 fully saturated rings. The topological polar surface area (TPSA) is 33.2 Å². The van der Waals surface area contributed by atoms with Crippen molar-refractivity contribution in [1.82, 2.24) is 4.98 Å². The molecule has 1 aromatic rings. The molecule has 2 heterocycles. The Labute approximate surface area is 107 Å². The Morgan fingerprint density at radius 3 is 2.75 bits per heavy atom. The molecule has 0 unspecified atom stereocenters. The zero-order chi connectivity index (χ0) is 9.80. The lowest BCUT2D eigenvalue weighted by molar-refractivity contribution is 0.558. The fraction of sp³-hybridized carbons (Fsp3) is 0.364. The summed E-state index contributed by atoms with van der Waals surface area (Å²) in [4.78, 5) is 16.8. The number of aromatic nitrogens is 1. The molecule has 1 aromatic heterocycles. The van der Waals surface area contributed by atoms with Crippen molar-refractivity contribution in [1.29, 1.82) is 0 Å². The van der Waals surface area contributed by atoms with E-state index >= 15 is 0 Å². The third kappa shape index (κ3) is 3.24. The second-order valence-electron chi connectivity index (χ2n) is 3.37. The third-order valence-corrected chi connectivity index (χ3v) is 2.45. The molecule has 0 radical (unpaired) electrons. The third-order valence-electron chi connectivity index (χ3n) is 2.45. The Hall–Kier alpha value is -1.02. The Morgan fingerprint density at radius 1 is 1.31 bits per heavy atom. The Morgan fingerprint density at radius 2 is 2.12 bits per heavy atom. The van der Waals surface area contributed by atoms with Crippen molar-refractivity contribution in [3.63, 3.8) is 0 Å². The highest BCUT2D eigenvalue weighted by atomic mass is 35.5. The van der Waals surface area contributed by atoms with Crippen molar-refractivity contribution in [2.75, 3.05) is 11.4 Å². The first-order chi connectivity index (χ1) is 6.92. The summed E-state index contributed by atoms with van der Waals surface area (Å²) >= 11 is 0. The number of hydrogen-bond donors (Lipinski definition) is 0. The Balaban J connectivity index is 0.00000112. The van der Waals surface area contributed by atoms with E-state index in [1.807, 2.05) is 23.0 Å². The number of pyridine rings is 1. The SMILES string of the molecule is Cl.Cl.O=C=C1CCCCN1c1cccnc1. The lowest BCUT2D eigenvalue weighted by Gasteiger charge is -2.28. The molecule has 2 rings (SSSR count). The van der Waals surface area contributed by atoms with Crippen LogP contribution in [0.1, 0.15) is 19.3 Å². The predicted molar refractivity (Wildman–Crippen MR) is 69.1 cm³/mol. The second kappa shape index (κ2) is 7.29. The zero-order valence-electron chi connectivity index (χ0n) is 8.76. The van der Waals surface area contributed by atoms with Crippen LogP contribution in [0.3, 0.4) is 0 Å². The molecule has 0 bridgehead atoms. The van der Waals surface area contributed by atoms with Gasteiger partial charge in [-0.15, -0.1) is 24.8 Å². The summed E-state index contributed by atoms with van der Waals surface area (Å²) in [6.07, 6.45) is 6.56. The molecule has 0 spiro atoms. The molecular formula is C11H14Cl2N2O. The van der Waals surface area contributed by atoms with Crippen LogP contribution in [0, 0.1) is 0 Å². The molecule has 0 amide bonds. The molecule has 0 N–H and O–H groups in total. The highest BCUT2D eigenvalue weighted by Gasteiger charge is 2.17. The smallest absolute Gasteiger partial charge is 0.146 e. The van der Waals surface area contributed by atoms with Crippen molar-refractivity contribution in [3.8, 4) is 0 Å². The normalized spacial score (nSPS) is 14.5. The first kappa shape index (κ1) is 15.0. The van der Waals surface area contributed by atoms with Gasteiger partial charge in [-0.2, -0.15) is 0 Å². The van der Waals surface area contributed by atoms with Crippen molar-refractivity contribution < 1.29 is 4.79 Å². The van der Waals surface area contributed by atoms with Crippen LogP contribution in [0.5, 0.6) is 0 Å². The van der Waals surface area contributed by atoms with Crippen LogP contribution in [0.2, 0.25) is 0 Å². The minimum atomic E-state index is 0. The van der Waals surface area contributed by atoms with Gasteiger partial charge < -0.3 is 4.90 Å². The molecule has 0 saturated carbocycles. The van der Waals surface area contributed by atoms with Crippen LogP contribution >= 0.6 is 24.8 Å². The van der Waals surface area contributed by atoms with Crippen LogP contribution in [-0.2, 0) is 4.79 Å². The lowest BCUT2D eigenvalue weighted by Crippen LogP contribution is -2.27. The molecule has 0 atom stereocenters. The maximum Gasteiger partial charge on any atom is 0.146 e. The van der Waals surface area contributed by atoms with Crippen LogP contribution in [0.25, 0.3) is 0 Å². The van der Waals surface area contributed by atoms with E-state index in [2.05, 4.69) is 4.98 Å².